The van der Waals surface area contributed by atoms with Crippen LogP contribution in [0.25, 0.3) is 11.1 Å². The smallest absolute Gasteiger partial charge is 0.379 e. The molecule has 0 spiro atoms. The van der Waals surface area contributed by atoms with Crippen LogP contribution in [0.4, 0.5) is 24.7 Å². The SMILES string of the molecule is CC(=O)N1CCc2c(c(N(C)c3ccc(-c4cn(C)nc4C(F)(F)F)cc3)nn2C2CCOC2)C1. The Hall–Kier alpha value is -3.34. The molecule has 5 rings (SSSR count). The van der Waals surface area contributed by atoms with Gasteiger partial charge in [-0.05, 0) is 24.1 Å². The number of nitrogens with zero attached hydrogens (tertiary/aromatic N) is 6. The summed E-state index contributed by atoms with van der Waals surface area (Å²) in [6, 6.07) is 7.03. The van der Waals surface area contributed by atoms with Crippen molar-refractivity contribution in [2.45, 2.75) is 38.5 Å². The summed E-state index contributed by atoms with van der Waals surface area (Å²) in [5.41, 5.74) is 2.45. The predicted molar refractivity (Wildman–Crippen MR) is 123 cm³/mol. The molecule has 11 heteroatoms. The van der Waals surface area contributed by atoms with Crippen molar-refractivity contribution in [2.24, 2.45) is 7.05 Å². The Kier molecular flexibility index (Phi) is 5.82. The molecule has 8 nitrogen and oxygen atoms in total. The summed E-state index contributed by atoms with van der Waals surface area (Å²) in [7, 11) is 3.35. The third-order valence-corrected chi connectivity index (χ3v) is 6.74. The van der Waals surface area contributed by atoms with Crippen LogP contribution in [0.1, 0.15) is 36.3 Å². The van der Waals surface area contributed by atoms with Crippen LogP contribution in [-0.2, 0) is 35.7 Å². The van der Waals surface area contributed by atoms with E-state index in [0.717, 1.165) is 29.2 Å². The minimum Gasteiger partial charge on any atom is -0.379 e. The Morgan fingerprint density at radius 2 is 1.94 bits per heavy atom. The second-order valence-corrected chi connectivity index (χ2v) is 9.07. The lowest BCUT2D eigenvalue weighted by Gasteiger charge is -2.28. The van der Waals surface area contributed by atoms with Crippen LogP contribution in [0.2, 0.25) is 0 Å². The van der Waals surface area contributed by atoms with E-state index in [1.54, 1.807) is 36.1 Å². The third-order valence-electron chi connectivity index (χ3n) is 6.74. The van der Waals surface area contributed by atoms with E-state index in [1.165, 1.54) is 17.9 Å². The molecule has 0 bridgehead atoms. The van der Waals surface area contributed by atoms with Gasteiger partial charge >= 0.3 is 6.18 Å². The highest BCUT2D eigenvalue weighted by Gasteiger charge is 2.37. The number of anilines is 2. The number of benzene rings is 1. The molecular weight excluding hydrogens is 461 g/mol. The predicted octanol–water partition coefficient (Wildman–Crippen LogP) is 3.94. The van der Waals surface area contributed by atoms with Gasteiger partial charge in [-0.2, -0.15) is 23.4 Å². The van der Waals surface area contributed by atoms with Gasteiger partial charge in [-0.3, -0.25) is 14.2 Å². The number of amides is 1. The van der Waals surface area contributed by atoms with Crippen molar-refractivity contribution in [1.29, 1.82) is 0 Å². The van der Waals surface area contributed by atoms with Gasteiger partial charge in [0.2, 0.25) is 5.91 Å². The number of rotatable bonds is 4. The highest BCUT2D eigenvalue weighted by molar-refractivity contribution is 5.75. The van der Waals surface area contributed by atoms with Crippen molar-refractivity contribution in [2.75, 3.05) is 31.7 Å². The summed E-state index contributed by atoms with van der Waals surface area (Å²) in [5, 5.41) is 8.54. The van der Waals surface area contributed by atoms with E-state index in [9.17, 15) is 18.0 Å². The maximum absolute atomic E-state index is 13.4. The number of aromatic nitrogens is 4. The molecule has 35 heavy (non-hydrogen) atoms. The van der Waals surface area contributed by atoms with Crippen molar-refractivity contribution >= 4 is 17.4 Å². The Balaban J connectivity index is 1.49. The van der Waals surface area contributed by atoms with Crippen LogP contribution in [0.3, 0.4) is 0 Å². The zero-order valence-corrected chi connectivity index (χ0v) is 19.8. The van der Waals surface area contributed by atoms with Crippen LogP contribution in [-0.4, -0.2) is 57.2 Å². The van der Waals surface area contributed by atoms with Gasteiger partial charge in [0.05, 0.1) is 19.2 Å². The maximum atomic E-state index is 13.4. The maximum Gasteiger partial charge on any atom is 0.435 e. The van der Waals surface area contributed by atoms with Gasteiger partial charge in [-0.15, -0.1) is 0 Å². The Bertz CT molecular complexity index is 1240. The zero-order chi connectivity index (χ0) is 24.9. The van der Waals surface area contributed by atoms with E-state index in [-0.39, 0.29) is 17.5 Å². The van der Waals surface area contributed by atoms with E-state index >= 15 is 0 Å². The normalized spacial score (nSPS) is 18.1. The number of hydrogen-bond acceptors (Lipinski definition) is 5. The summed E-state index contributed by atoms with van der Waals surface area (Å²) in [5.74, 6) is 0.755. The van der Waals surface area contributed by atoms with Gasteiger partial charge in [0.25, 0.3) is 0 Å². The highest BCUT2D eigenvalue weighted by atomic mass is 19.4. The molecular formula is C24H27F3N6O2. The number of ether oxygens (including phenoxy) is 1. The molecule has 0 saturated carbocycles. The quantitative estimate of drug-likeness (QED) is 0.557. The average Bonchev–Trinajstić information content (AvgIpc) is 3.56. The Morgan fingerprint density at radius 3 is 2.57 bits per heavy atom. The summed E-state index contributed by atoms with van der Waals surface area (Å²) in [4.78, 5) is 15.8. The first-order valence-corrected chi connectivity index (χ1v) is 11.5. The first kappa shape index (κ1) is 23.4. The van der Waals surface area contributed by atoms with Crippen molar-refractivity contribution in [3.8, 4) is 11.1 Å². The highest BCUT2D eigenvalue weighted by Crippen LogP contribution is 2.38. The van der Waals surface area contributed by atoms with Crippen LogP contribution < -0.4 is 4.90 Å². The van der Waals surface area contributed by atoms with Crippen molar-refractivity contribution in [3.63, 3.8) is 0 Å². The number of hydrogen-bond donors (Lipinski definition) is 0. The van der Waals surface area contributed by atoms with Gasteiger partial charge in [0, 0.05) is 69.3 Å². The molecule has 1 aromatic carbocycles. The molecule has 1 fully saturated rings. The summed E-state index contributed by atoms with van der Waals surface area (Å²) < 4.78 is 49.1. The Labute approximate surface area is 200 Å². The summed E-state index contributed by atoms with van der Waals surface area (Å²) >= 11 is 0. The molecule has 1 saturated heterocycles. The second-order valence-electron chi connectivity index (χ2n) is 9.07. The lowest BCUT2D eigenvalue weighted by atomic mass is 10.0. The minimum absolute atomic E-state index is 0.0162. The van der Waals surface area contributed by atoms with Crippen LogP contribution in [0, 0.1) is 0 Å². The molecule has 4 heterocycles. The lowest BCUT2D eigenvalue weighted by molar-refractivity contribution is -0.141. The van der Waals surface area contributed by atoms with Crippen molar-refractivity contribution < 1.29 is 22.7 Å². The largest absolute Gasteiger partial charge is 0.435 e. The monoisotopic (exact) mass is 488 g/mol. The van der Waals surface area contributed by atoms with Gasteiger partial charge in [-0.1, -0.05) is 12.1 Å². The van der Waals surface area contributed by atoms with E-state index in [1.807, 2.05) is 16.6 Å². The van der Waals surface area contributed by atoms with Gasteiger partial charge in [0.1, 0.15) is 0 Å². The number of alkyl halides is 3. The van der Waals surface area contributed by atoms with E-state index in [0.29, 0.717) is 38.3 Å². The zero-order valence-electron chi connectivity index (χ0n) is 19.8. The molecule has 2 aromatic heterocycles. The van der Waals surface area contributed by atoms with Crippen LogP contribution in [0.15, 0.2) is 30.5 Å². The molecule has 0 radical (unpaired) electrons. The van der Waals surface area contributed by atoms with Gasteiger partial charge in [0.15, 0.2) is 11.5 Å². The van der Waals surface area contributed by atoms with Crippen LogP contribution >= 0.6 is 0 Å². The van der Waals surface area contributed by atoms with Crippen molar-refractivity contribution in [3.05, 3.63) is 47.4 Å². The third kappa shape index (κ3) is 4.29. The number of halogens is 3. The molecule has 0 aliphatic carbocycles. The molecule has 3 aromatic rings. The number of aryl methyl sites for hydroxylation is 1. The minimum atomic E-state index is -4.54. The molecule has 1 unspecified atom stereocenters. The molecule has 186 valence electrons. The van der Waals surface area contributed by atoms with Crippen LogP contribution in [0.5, 0.6) is 0 Å². The fourth-order valence-electron chi connectivity index (χ4n) is 4.88. The molecule has 2 aliphatic rings. The Morgan fingerprint density at radius 1 is 1.20 bits per heavy atom. The topological polar surface area (TPSA) is 68.4 Å². The summed E-state index contributed by atoms with van der Waals surface area (Å²) in [6.07, 6.45) is -1.56. The van der Waals surface area contributed by atoms with Crippen molar-refractivity contribution in [1.82, 2.24) is 24.5 Å². The average molecular weight is 489 g/mol. The van der Waals surface area contributed by atoms with Gasteiger partial charge in [-0.25, -0.2) is 0 Å². The van der Waals surface area contributed by atoms with E-state index in [4.69, 9.17) is 9.84 Å². The number of carbonyl (C=O) groups excluding carboxylic acids is 1. The first-order chi connectivity index (χ1) is 16.6. The number of fused-ring (bicyclic) bond motifs is 1. The lowest BCUT2D eigenvalue weighted by Crippen LogP contribution is -2.35. The van der Waals surface area contributed by atoms with E-state index < -0.39 is 11.9 Å². The fourth-order valence-corrected chi connectivity index (χ4v) is 4.88. The molecule has 2 aliphatic heterocycles. The second kappa shape index (κ2) is 8.71. The summed E-state index contributed by atoms with van der Waals surface area (Å²) in [6.45, 7) is 3.98. The van der Waals surface area contributed by atoms with Gasteiger partial charge < -0.3 is 14.5 Å². The molecule has 1 atom stereocenters. The molecule has 0 N–H and O–H groups in total. The van der Waals surface area contributed by atoms with E-state index in [2.05, 4.69) is 5.10 Å². The first-order valence-electron chi connectivity index (χ1n) is 11.5. The number of carbonyl (C=O) groups is 1. The fraction of sp³-hybridized carbons (Fsp3) is 0.458. The standard InChI is InChI=1S/C24H27F3N6O2/c1-15(34)32-10-8-21-20(13-32)23(29-33(21)18-9-11-35-14-18)31(3)17-6-4-16(5-7-17)19-12-30(2)28-22(19)24(25,26)27/h4-7,12,18H,8-11,13-14H2,1-3H3. The molecule has 1 amide bonds.